The van der Waals surface area contributed by atoms with Crippen molar-refractivity contribution in [2.75, 3.05) is 48.6 Å². The van der Waals surface area contributed by atoms with E-state index in [9.17, 15) is 30.0 Å². The Balaban J connectivity index is 1.56. The Bertz CT molecular complexity index is 1400. The summed E-state index contributed by atoms with van der Waals surface area (Å²) >= 11 is 0. The summed E-state index contributed by atoms with van der Waals surface area (Å²) in [4.78, 5) is 28.9. The van der Waals surface area contributed by atoms with Gasteiger partial charge in [-0.15, -0.1) is 0 Å². The molecule has 6 fully saturated rings. The summed E-state index contributed by atoms with van der Waals surface area (Å²) in [5.41, 5.74) is -8.16. The minimum absolute atomic E-state index is 0.113. The van der Waals surface area contributed by atoms with E-state index in [0.717, 1.165) is 0 Å². The van der Waals surface area contributed by atoms with Crippen molar-refractivity contribution < 1.29 is 58.4 Å². The third-order valence-corrected chi connectivity index (χ3v) is 12.9. The molecular formula is C33H45NO12. The maximum Gasteiger partial charge on any atom is 0.338 e. The molecule has 5 saturated carbocycles. The minimum atomic E-state index is -2.12. The van der Waals surface area contributed by atoms with Crippen molar-refractivity contribution in [2.45, 2.75) is 79.2 Å². The molecule has 4 N–H and O–H groups in total. The third-order valence-electron chi connectivity index (χ3n) is 12.9. The second-order valence-corrected chi connectivity index (χ2v) is 14.4. The van der Waals surface area contributed by atoms with Gasteiger partial charge < -0.3 is 53.7 Å². The molecule has 0 radical (unpaired) electrons. The molecule has 1 aromatic carbocycles. The number of carbonyl (C=O) groups excluding carboxylic acids is 2. The third kappa shape index (κ3) is 3.41. The van der Waals surface area contributed by atoms with Crippen LogP contribution in [-0.4, -0.2) is 145 Å². The molecule has 13 nitrogen and oxygen atoms in total. The van der Waals surface area contributed by atoms with Crippen LogP contribution in [0, 0.1) is 28.6 Å². The quantitative estimate of drug-likeness (QED) is 0.263. The summed E-state index contributed by atoms with van der Waals surface area (Å²) in [5.74, 6) is -4.35. The fraction of sp³-hybridized carbons (Fsp3) is 0.758. The molecule has 1 spiro atoms. The van der Waals surface area contributed by atoms with E-state index in [2.05, 4.69) is 0 Å². The molecule has 254 valence electrons. The van der Waals surface area contributed by atoms with Gasteiger partial charge in [0.05, 0.1) is 42.0 Å². The topological polar surface area (TPSA) is 174 Å². The van der Waals surface area contributed by atoms with Crippen molar-refractivity contribution in [3.05, 3.63) is 35.9 Å². The minimum Gasteiger partial charge on any atom is -0.455 e. The average molecular weight is 648 g/mol. The van der Waals surface area contributed by atoms with Gasteiger partial charge in [-0.3, -0.25) is 4.79 Å². The molecule has 0 amide bonds. The molecular weight excluding hydrogens is 602 g/mol. The van der Waals surface area contributed by atoms with Crippen molar-refractivity contribution in [3.8, 4) is 0 Å². The molecule has 1 aliphatic heterocycles. The first-order chi connectivity index (χ1) is 21.8. The van der Waals surface area contributed by atoms with Gasteiger partial charge in [0.2, 0.25) is 0 Å². The first-order valence-corrected chi connectivity index (χ1v) is 15.9. The highest BCUT2D eigenvalue weighted by Crippen LogP contribution is 2.81. The van der Waals surface area contributed by atoms with Gasteiger partial charge in [-0.25, -0.2) is 4.79 Å². The maximum absolute atomic E-state index is 13.7. The van der Waals surface area contributed by atoms with E-state index in [1.807, 2.05) is 11.9 Å². The van der Waals surface area contributed by atoms with Crippen LogP contribution in [0.3, 0.4) is 0 Å². The standard InChI is InChI=1S/C33H45NO12/c1-16(35)46-33-20-21(43-5)22-29(15-41-3)14-34(2)24(20)32(22,19(42-4)12-18(29)36)31(40)13-30(39,27(44-6)25(33)37)26(23(31)33)45-28(38)17-10-8-7-9-11-17/h7-11,18-27,36-37,39-40H,12-15H2,1-6H3/t18-,19+,20-,21+,22?,23+,24?,25+,26-,27+,29+,30+,31+,32-,33+/m0/s1. The fourth-order valence-corrected chi connectivity index (χ4v) is 12.2. The number of methoxy groups -OCH3 is 4. The van der Waals surface area contributed by atoms with E-state index >= 15 is 0 Å². The number of aliphatic hydroxyl groups is 4. The molecule has 0 aromatic heterocycles. The van der Waals surface area contributed by atoms with Crippen molar-refractivity contribution in [2.24, 2.45) is 28.6 Å². The van der Waals surface area contributed by atoms with Crippen molar-refractivity contribution >= 4 is 11.9 Å². The maximum atomic E-state index is 13.7. The van der Waals surface area contributed by atoms with Crippen LogP contribution in [0.4, 0.5) is 0 Å². The summed E-state index contributed by atoms with van der Waals surface area (Å²) < 4.78 is 36.7. The highest BCUT2D eigenvalue weighted by molar-refractivity contribution is 5.89. The van der Waals surface area contributed by atoms with Crippen molar-refractivity contribution in [1.82, 2.24) is 4.90 Å². The number of nitrogens with zero attached hydrogens (tertiary/aromatic N) is 1. The van der Waals surface area contributed by atoms with E-state index in [1.54, 1.807) is 37.4 Å². The lowest BCUT2D eigenvalue weighted by atomic mass is 9.40. The van der Waals surface area contributed by atoms with Crippen LogP contribution >= 0.6 is 0 Å². The Hall–Kier alpha value is -2.20. The van der Waals surface area contributed by atoms with Crippen LogP contribution in [0.1, 0.15) is 30.1 Å². The van der Waals surface area contributed by atoms with Crippen LogP contribution in [-0.2, 0) is 33.2 Å². The molecule has 2 unspecified atom stereocenters. The Morgan fingerprint density at radius 3 is 2.26 bits per heavy atom. The molecule has 1 heterocycles. The van der Waals surface area contributed by atoms with Gasteiger partial charge in [0.15, 0.2) is 5.60 Å². The lowest BCUT2D eigenvalue weighted by molar-refractivity contribution is -0.353. The number of aliphatic hydroxyl groups excluding tert-OH is 2. The summed E-state index contributed by atoms with van der Waals surface area (Å²) in [6, 6.07) is 7.61. The van der Waals surface area contributed by atoms with Crippen molar-refractivity contribution in [1.29, 1.82) is 0 Å². The second-order valence-electron chi connectivity index (χ2n) is 14.4. The summed E-state index contributed by atoms with van der Waals surface area (Å²) in [6.45, 7) is 1.68. The number of ether oxygens (including phenoxy) is 6. The summed E-state index contributed by atoms with van der Waals surface area (Å²) in [7, 11) is 7.77. The summed E-state index contributed by atoms with van der Waals surface area (Å²) in [5, 5.41) is 50.8. The van der Waals surface area contributed by atoms with Crippen molar-refractivity contribution in [3.63, 3.8) is 0 Å². The fourth-order valence-electron chi connectivity index (χ4n) is 12.2. The Kier molecular flexibility index (Phi) is 7.31. The lowest BCUT2D eigenvalue weighted by Crippen LogP contribution is -2.85. The molecule has 46 heavy (non-hydrogen) atoms. The number of rotatable bonds is 8. The normalized spacial score (nSPS) is 51.5. The number of benzene rings is 1. The van der Waals surface area contributed by atoms with E-state index in [0.29, 0.717) is 6.54 Å². The molecule has 7 bridgehead atoms. The van der Waals surface area contributed by atoms with E-state index in [-0.39, 0.29) is 18.6 Å². The van der Waals surface area contributed by atoms with Gasteiger partial charge in [0.25, 0.3) is 0 Å². The van der Waals surface area contributed by atoms with Gasteiger partial charge >= 0.3 is 11.9 Å². The predicted octanol–water partition coefficient (Wildman–Crippen LogP) is -0.627. The number of esters is 2. The molecule has 5 aliphatic carbocycles. The molecule has 1 saturated heterocycles. The molecule has 15 atom stereocenters. The van der Waals surface area contributed by atoms with Gasteiger partial charge in [-0.05, 0) is 19.2 Å². The Labute approximate surface area is 267 Å². The molecule has 1 aromatic rings. The SMILES string of the molecule is COC[C@@]12CN(C)C3[C@@H]4[C@@H](OC)C1[C@]3([C@H](OC)C[C@@H]2O)[C@@]1(O)C[C@]2(O)[C@H](OC)[C@@H](O)[C@]4(OC(C)=O)[C@@H]1[C@@H]2OC(=O)c1ccccc1. The zero-order valence-electron chi connectivity index (χ0n) is 27.0. The smallest absolute Gasteiger partial charge is 0.338 e. The summed E-state index contributed by atoms with van der Waals surface area (Å²) in [6.07, 6.45) is -7.39. The number of piperidine rings is 1. The molecule has 7 rings (SSSR count). The second kappa shape index (κ2) is 10.4. The number of fused-ring (bicyclic) bond motifs is 2. The van der Waals surface area contributed by atoms with Crippen LogP contribution in [0.15, 0.2) is 30.3 Å². The van der Waals surface area contributed by atoms with Gasteiger partial charge in [-0.1, -0.05) is 18.2 Å². The monoisotopic (exact) mass is 647 g/mol. The number of hydrogen-bond donors (Lipinski definition) is 4. The van der Waals surface area contributed by atoms with E-state index in [4.69, 9.17) is 28.4 Å². The van der Waals surface area contributed by atoms with Crippen LogP contribution in [0.25, 0.3) is 0 Å². The first kappa shape index (κ1) is 32.4. The van der Waals surface area contributed by atoms with Gasteiger partial charge in [0, 0.05) is 83.5 Å². The number of hydrogen-bond acceptors (Lipinski definition) is 13. The van der Waals surface area contributed by atoms with Gasteiger partial charge in [-0.2, -0.15) is 0 Å². The van der Waals surface area contributed by atoms with Crippen LogP contribution in [0.2, 0.25) is 0 Å². The highest BCUT2D eigenvalue weighted by Gasteiger charge is 2.96. The van der Waals surface area contributed by atoms with Crippen LogP contribution < -0.4 is 0 Å². The number of likely N-dealkylation sites (tertiary alicyclic amines) is 1. The molecule has 6 aliphatic rings. The first-order valence-electron chi connectivity index (χ1n) is 15.9. The van der Waals surface area contributed by atoms with E-state index < -0.39 is 106 Å². The predicted molar refractivity (Wildman–Crippen MR) is 157 cm³/mol. The Morgan fingerprint density at radius 1 is 0.978 bits per heavy atom. The zero-order valence-corrected chi connectivity index (χ0v) is 27.0. The van der Waals surface area contributed by atoms with E-state index in [1.165, 1.54) is 28.3 Å². The zero-order chi connectivity index (χ0) is 33.2. The van der Waals surface area contributed by atoms with Crippen LogP contribution in [0.5, 0.6) is 0 Å². The van der Waals surface area contributed by atoms with Gasteiger partial charge in [0.1, 0.15) is 23.9 Å². The largest absolute Gasteiger partial charge is 0.455 e. The lowest BCUT2D eigenvalue weighted by Gasteiger charge is -2.72. The highest BCUT2D eigenvalue weighted by atomic mass is 16.6. The average Bonchev–Trinajstić information content (AvgIpc) is 3.38. The Morgan fingerprint density at radius 2 is 1.67 bits per heavy atom. The molecule has 13 heteroatoms. The number of carbonyl (C=O) groups is 2.